The first-order valence-corrected chi connectivity index (χ1v) is 7.96. The van der Waals surface area contributed by atoms with E-state index in [-0.39, 0.29) is 30.5 Å². The molecule has 1 unspecified atom stereocenters. The Balaban J connectivity index is 2.11. The molecular formula is C17H25FN2O3. The third-order valence-corrected chi connectivity index (χ3v) is 4.20. The van der Waals surface area contributed by atoms with Gasteiger partial charge >= 0.3 is 0 Å². The van der Waals surface area contributed by atoms with Crippen LogP contribution >= 0.6 is 0 Å². The van der Waals surface area contributed by atoms with Gasteiger partial charge in [-0.05, 0) is 44.4 Å². The largest absolute Gasteiger partial charge is 0.396 e. The number of benzene rings is 1. The number of halogens is 1. The van der Waals surface area contributed by atoms with Gasteiger partial charge in [0.15, 0.2) is 0 Å². The van der Waals surface area contributed by atoms with Crippen LogP contribution in [-0.2, 0) is 4.74 Å². The summed E-state index contributed by atoms with van der Waals surface area (Å²) < 4.78 is 19.4. The minimum absolute atomic E-state index is 0.0671. The Morgan fingerprint density at radius 1 is 1.43 bits per heavy atom. The number of aliphatic hydroxyl groups excluding tert-OH is 1. The summed E-state index contributed by atoms with van der Waals surface area (Å²) in [6.45, 7) is 3.70. The lowest BCUT2D eigenvalue weighted by atomic mass is 9.98. The molecule has 1 amide bonds. The fourth-order valence-corrected chi connectivity index (χ4v) is 2.94. The average Bonchev–Trinajstić information content (AvgIpc) is 3.01. The van der Waals surface area contributed by atoms with E-state index in [0.717, 1.165) is 25.9 Å². The van der Waals surface area contributed by atoms with Crippen molar-refractivity contribution in [2.24, 2.45) is 0 Å². The summed E-state index contributed by atoms with van der Waals surface area (Å²) in [5.74, 6) is -0.750. The van der Waals surface area contributed by atoms with Crippen molar-refractivity contribution in [1.29, 1.82) is 0 Å². The maximum atomic E-state index is 14.3. The number of carbonyl (C=O) groups excluding carboxylic acids is 1. The van der Waals surface area contributed by atoms with Gasteiger partial charge in [0, 0.05) is 32.4 Å². The SMILES string of the molecule is COCC(C)(CCO)NC(=O)c1ccc(N2CCCC2)c(F)c1. The highest BCUT2D eigenvalue weighted by atomic mass is 19.1. The Kier molecular flexibility index (Phi) is 5.96. The van der Waals surface area contributed by atoms with Gasteiger partial charge in [-0.3, -0.25) is 4.79 Å². The summed E-state index contributed by atoms with van der Waals surface area (Å²) in [4.78, 5) is 14.4. The van der Waals surface area contributed by atoms with Gasteiger partial charge in [0.1, 0.15) is 5.82 Å². The maximum absolute atomic E-state index is 14.3. The predicted octanol–water partition coefficient (Wildman–Crippen LogP) is 1.94. The first kappa shape index (κ1) is 17.7. The maximum Gasteiger partial charge on any atom is 0.251 e. The number of anilines is 1. The third kappa shape index (κ3) is 4.42. The van der Waals surface area contributed by atoms with Gasteiger partial charge in [-0.25, -0.2) is 4.39 Å². The average molecular weight is 324 g/mol. The summed E-state index contributed by atoms with van der Waals surface area (Å²) in [5.41, 5.74) is 0.129. The van der Waals surface area contributed by atoms with E-state index in [4.69, 9.17) is 9.84 Å². The van der Waals surface area contributed by atoms with Crippen molar-refractivity contribution >= 4 is 11.6 Å². The second-order valence-electron chi connectivity index (χ2n) is 6.28. The molecule has 0 saturated carbocycles. The van der Waals surface area contributed by atoms with E-state index in [1.165, 1.54) is 13.2 Å². The van der Waals surface area contributed by atoms with E-state index in [1.54, 1.807) is 19.1 Å². The van der Waals surface area contributed by atoms with E-state index in [0.29, 0.717) is 12.1 Å². The zero-order valence-electron chi connectivity index (χ0n) is 13.8. The molecule has 23 heavy (non-hydrogen) atoms. The summed E-state index contributed by atoms with van der Waals surface area (Å²) in [7, 11) is 1.53. The summed E-state index contributed by atoms with van der Waals surface area (Å²) in [5, 5.41) is 12.0. The van der Waals surface area contributed by atoms with Crippen LogP contribution in [0.25, 0.3) is 0 Å². The molecule has 1 aromatic carbocycles. The molecule has 1 heterocycles. The first-order chi connectivity index (χ1) is 11.0. The Labute approximate surface area is 136 Å². The predicted molar refractivity (Wildman–Crippen MR) is 87.3 cm³/mol. The van der Waals surface area contributed by atoms with Crippen LogP contribution in [-0.4, -0.2) is 50.0 Å². The van der Waals surface area contributed by atoms with E-state index in [2.05, 4.69) is 5.32 Å². The van der Waals surface area contributed by atoms with Crippen molar-refractivity contribution in [2.75, 3.05) is 38.3 Å². The van der Waals surface area contributed by atoms with Crippen LogP contribution in [0.3, 0.4) is 0 Å². The molecule has 1 atom stereocenters. The number of hydrogen-bond donors (Lipinski definition) is 2. The number of rotatable bonds is 7. The normalized spacial score (nSPS) is 17.1. The van der Waals surface area contributed by atoms with Gasteiger partial charge in [-0.1, -0.05) is 0 Å². The van der Waals surface area contributed by atoms with Crippen LogP contribution in [0.4, 0.5) is 10.1 Å². The summed E-state index contributed by atoms with van der Waals surface area (Å²) in [6.07, 6.45) is 2.50. The topological polar surface area (TPSA) is 61.8 Å². The van der Waals surface area contributed by atoms with Crippen LogP contribution in [0.1, 0.15) is 36.5 Å². The quantitative estimate of drug-likeness (QED) is 0.805. The number of ether oxygens (including phenoxy) is 1. The van der Waals surface area contributed by atoms with Crippen molar-refractivity contribution in [3.05, 3.63) is 29.6 Å². The molecule has 0 spiro atoms. The van der Waals surface area contributed by atoms with Crippen molar-refractivity contribution in [3.8, 4) is 0 Å². The lowest BCUT2D eigenvalue weighted by Gasteiger charge is -2.29. The standard InChI is InChI=1S/C17H25FN2O3/c1-17(7-10-21,12-23-2)19-16(22)13-5-6-15(14(18)11-13)20-8-3-4-9-20/h5-6,11,21H,3-4,7-10,12H2,1-2H3,(H,19,22). The zero-order valence-corrected chi connectivity index (χ0v) is 13.8. The van der Waals surface area contributed by atoms with E-state index in [9.17, 15) is 9.18 Å². The van der Waals surface area contributed by atoms with Gasteiger partial charge in [-0.15, -0.1) is 0 Å². The number of aliphatic hydroxyl groups is 1. The lowest BCUT2D eigenvalue weighted by molar-refractivity contribution is 0.0725. The van der Waals surface area contributed by atoms with Crippen LogP contribution in [0.5, 0.6) is 0 Å². The number of carbonyl (C=O) groups is 1. The van der Waals surface area contributed by atoms with Crippen LogP contribution in [0, 0.1) is 5.82 Å². The molecule has 1 aliphatic rings. The van der Waals surface area contributed by atoms with Crippen LogP contribution < -0.4 is 10.2 Å². The molecule has 1 fully saturated rings. The fraction of sp³-hybridized carbons (Fsp3) is 0.588. The van der Waals surface area contributed by atoms with Crippen LogP contribution in [0.15, 0.2) is 18.2 Å². The number of amides is 1. The molecule has 5 nitrogen and oxygen atoms in total. The van der Waals surface area contributed by atoms with E-state index in [1.807, 2.05) is 4.90 Å². The molecule has 1 saturated heterocycles. The number of nitrogens with zero attached hydrogens (tertiary/aromatic N) is 1. The minimum atomic E-state index is -0.690. The monoisotopic (exact) mass is 324 g/mol. The first-order valence-electron chi connectivity index (χ1n) is 7.96. The lowest BCUT2D eigenvalue weighted by Crippen LogP contribution is -2.50. The van der Waals surface area contributed by atoms with Crippen molar-refractivity contribution < 1.29 is 19.0 Å². The molecule has 2 N–H and O–H groups in total. The molecule has 2 rings (SSSR count). The molecule has 0 radical (unpaired) electrons. The molecule has 128 valence electrons. The molecule has 1 aliphatic heterocycles. The van der Waals surface area contributed by atoms with Crippen molar-refractivity contribution in [2.45, 2.75) is 31.7 Å². The van der Waals surface area contributed by atoms with Gasteiger partial charge in [0.2, 0.25) is 0 Å². The van der Waals surface area contributed by atoms with Gasteiger partial charge in [0.05, 0.1) is 17.8 Å². The van der Waals surface area contributed by atoms with Crippen molar-refractivity contribution in [1.82, 2.24) is 5.32 Å². The highest BCUT2D eigenvalue weighted by Crippen LogP contribution is 2.24. The Morgan fingerprint density at radius 3 is 2.70 bits per heavy atom. The van der Waals surface area contributed by atoms with Crippen molar-refractivity contribution in [3.63, 3.8) is 0 Å². The molecule has 0 bridgehead atoms. The third-order valence-electron chi connectivity index (χ3n) is 4.20. The van der Waals surface area contributed by atoms with Gasteiger partial charge in [-0.2, -0.15) is 0 Å². The second kappa shape index (κ2) is 7.75. The van der Waals surface area contributed by atoms with Gasteiger partial charge < -0.3 is 20.1 Å². The number of methoxy groups -OCH3 is 1. The highest BCUT2D eigenvalue weighted by molar-refractivity contribution is 5.95. The molecule has 0 aromatic heterocycles. The Morgan fingerprint density at radius 2 is 2.13 bits per heavy atom. The molecule has 0 aliphatic carbocycles. The molecular weight excluding hydrogens is 299 g/mol. The smallest absolute Gasteiger partial charge is 0.251 e. The number of hydrogen-bond acceptors (Lipinski definition) is 4. The number of nitrogens with one attached hydrogen (secondary N) is 1. The molecule has 1 aromatic rings. The summed E-state index contributed by atoms with van der Waals surface area (Å²) >= 11 is 0. The fourth-order valence-electron chi connectivity index (χ4n) is 2.94. The van der Waals surface area contributed by atoms with Crippen LogP contribution in [0.2, 0.25) is 0 Å². The Bertz CT molecular complexity index is 539. The van der Waals surface area contributed by atoms with Gasteiger partial charge in [0.25, 0.3) is 5.91 Å². The summed E-state index contributed by atoms with van der Waals surface area (Å²) in [6, 6.07) is 4.57. The Hall–Kier alpha value is -1.66. The molecule has 6 heteroatoms. The minimum Gasteiger partial charge on any atom is -0.396 e. The van der Waals surface area contributed by atoms with E-state index < -0.39 is 5.54 Å². The highest BCUT2D eigenvalue weighted by Gasteiger charge is 2.27. The second-order valence-corrected chi connectivity index (χ2v) is 6.28. The van der Waals surface area contributed by atoms with E-state index >= 15 is 0 Å². The zero-order chi connectivity index (χ0) is 16.9.